The van der Waals surface area contributed by atoms with Crippen molar-refractivity contribution in [2.45, 2.75) is 52.3 Å². The number of likely N-dealkylation sites (tertiary alicyclic amines) is 1. The topological polar surface area (TPSA) is 81.9 Å². The molecule has 0 saturated carbocycles. The molecule has 4 aromatic rings. The van der Waals surface area contributed by atoms with Gasteiger partial charge in [0.15, 0.2) is 0 Å². The first-order valence-electron chi connectivity index (χ1n) is 13.2. The predicted molar refractivity (Wildman–Crippen MR) is 148 cm³/mol. The number of aliphatic hydroxyl groups excluding tert-OH is 1. The van der Waals surface area contributed by atoms with Crippen molar-refractivity contribution >= 4 is 17.5 Å². The molecule has 0 radical (unpaired) electrons. The molecule has 198 valence electrons. The number of fused-ring (bicyclic) bond motifs is 1. The third kappa shape index (κ3) is 5.87. The van der Waals surface area contributed by atoms with Crippen LogP contribution >= 0.6 is 0 Å². The van der Waals surface area contributed by atoms with E-state index in [1.165, 1.54) is 17.7 Å². The molecular formula is C30H34FN5O2. The van der Waals surface area contributed by atoms with Crippen molar-refractivity contribution in [1.82, 2.24) is 19.6 Å². The van der Waals surface area contributed by atoms with Gasteiger partial charge in [0.2, 0.25) is 0 Å². The standard InChI is InChI=1S/C30H34FN5O2/c1-3-27-29(34-30(38)32-17-21-6-10-25(31)11-7-21)36-19-24(16-20(2)28(36)33-27)23-8-4-22(5-9-23)18-35-14-12-26(37)13-15-35/h4-11,16,19,26,37H,3,12-15,17-18H2,1-2H3,(H2,32,34,38). The highest BCUT2D eigenvalue weighted by Gasteiger charge is 2.18. The Hall–Kier alpha value is -3.75. The van der Waals surface area contributed by atoms with Crippen LogP contribution in [0.3, 0.4) is 0 Å². The number of hydrogen-bond acceptors (Lipinski definition) is 4. The number of aryl methyl sites for hydroxylation is 2. The molecule has 0 spiro atoms. The molecule has 2 aromatic heterocycles. The maximum absolute atomic E-state index is 13.2. The quantitative estimate of drug-likeness (QED) is 0.312. The van der Waals surface area contributed by atoms with E-state index < -0.39 is 0 Å². The second-order valence-electron chi connectivity index (χ2n) is 10.0. The number of amides is 2. The normalized spacial score (nSPS) is 14.6. The van der Waals surface area contributed by atoms with Crippen LogP contribution in [0.4, 0.5) is 15.0 Å². The largest absolute Gasteiger partial charge is 0.393 e. The lowest BCUT2D eigenvalue weighted by molar-refractivity contribution is 0.0792. The van der Waals surface area contributed by atoms with E-state index in [1.807, 2.05) is 24.4 Å². The second-order valence-corrected chi connectivity index (χ2v) is 10.0. The summed E-state index contributed by atoms with van der Waals surface area (Å²) in [6.07, 6.45) is 4.20. The van der Waals surface area contributed by atoms with E-state index >= 15 is 0 Å². The molecule has 0 unspecified atom stereocenters. The predicted octanol–water partition coefficient (Wildman–Crippen LogP) is 5.29. The van der Waals surface area contributed by atoms with Crippen LogP contribution in [0.5, 0.6) is 0 Å². The summed E-state index contributed by atoms with van der Waals surface area (Å²) in [4.78, 5) is 19.9. The van der Waals surface area contributed by atoms with E-state index in [0.29, 0.717) is 18.8 Å². The van der Waals surface area contributed by atoms with Crippen LogP contribution in [0.1, 0.15) is 42.1 Å². The number of piperidine rings is 1. The molecule has 1 aliphatic heterocycles. The van der Waals surface area contributed by atoms with Gasteiger partial charge in [-0.3, -0.25) is 14.6 Å². The number of nitrogens with one attached hydrogen (secondary N) is 2. The Bertz CT molecular complexity index is 1410. The molecule has 7 nitrogen and oxygen atoms in total. The molecular weight excluding hydrogens is 481 g/mol. The van der Waals surface area contributed by atoms with Gasteiger partial charge in [-0.1, -0.05) is 43.3 Å². The Kier molecular flexibility index (Phi) is 7.72. The zero-order chi connectivity index (χ0) is 26.6. The number of aliphatic hydroxyl groups is 1. The van der Waals surface area contributed by atoms with Crippen molar-refractivity contribution in [2.75, 3.05) is 18.4 Å². The van der Waals surface area contributed by atoms with Crippen LogP contribution in [0.2, 0.25) is 0 Å². The number of anilines is 1. The number of halogens is 1. The molecule has 1 fully saturated rings. The number of rotatable bonds is 7. The second kappa shape index (κ2) is 11.3. The van der Waals surface area contributed by atoms with Gasteiger partial charge in [-0.15, -0.1) is 0 Å². The Morgan fingerprint density at radius 1 is 1.05 bits per heavy atom. The first-order valence-corrected chi connectivity index (χ1v) is 13.2. The average Bonchev–Trinajstić information content (AvgIpc) is 3.28. The molecule has 0 bridgehead atoms. The molecule has 1 aliphatic rings. The Balaban J connectivity index is 1.34. The lowest BCUT2D eigenvalue weighted by Crippen LogP contribution is -2.35. The number of benzene rings is 2. The first kappa shape index (κ1) is 25.9. The van der Waals surface area contributed by atoms with Crippen LogP contribution in [-0.4, -0.2) is 44.6 Å². The van der Waals surface area contributed by atoms with Gasteiger partial charge in [0.05, 0.1) is 11.8 Å². The molecule has 5 rings (SSSR count). The zero-order valence-corrected chi connectivity index (χ0v) is 21.9. The van der Waals surface area contributed by atoms with Gasteiger partial charge in [-0.05, 0) is 72.2 Å². The Morgan fingerprint density at radius 3 is 2.42 bits per heavy atom. The summed E-state index contributed by atoms with van der Waals surface area (Å²) in [5, 5.41) is 15.6. The van der Waals surface area contributed by atoms with Crippen LogP contribution in [0.25, 0.3) is 16.8 Å². The van der Waals surface area contributed by atoms with E-state index in [9.17, 15) is 14.3 Å². The first-order chi connectivity index (χ1) is 18.4. The maximum Gasteiger partial charge on any atom is 0.320 e. The minimum atomic E-state index is -0.344. The highest BCUT2D eigenvalue weighted by Crippen LogP contribution is 2.28. The minimum Gasteiger partial charge on any atom is -0.393 e. The number of aromatic nitrogens is 2. The highest BCUT2D eigenvalue weighted by molar-refractivity contribution is 5.90. The number of hydrogen-bond donors (Lipinski definition) is 3. The molecule has 0 atom stereocenters. The summed E-state index contributed by atoms with van der Waals surface area (Å²) in [6, 6.07) is 16.4. The number of nitrogens with zero attached hydrogens (tertiary/aromatic N) is 3. The molecule has 3 heterocycles. The summed E-state index contributed by atoms with van der Waals surface area (Å²) in [5.41, 5.74) is 6.83. The summed E-state index contributed by atoms with van der Waals surface area (Å²) >= 11 is 0. The van der Waals surface area contributed by atoms with Gasteiger partial charge in [0.1, 0.15) is 17.3 Å². The molecule has 38 heavy (non-hydrogen) atoms. The van der Waals surface area contributed by atoms with Crippen LogP contribution in [-0.2, 0) is 19.5 Å². The van der Waals surface area contributed by atoms with E-state index in [0.717, 1.165) is 66.1 Å². The lowest BCUT2D eigenvalue weighted by atomic mass is 10.0. The monoisotopic (exact) mass is 515 g/mol. The summed E-state index contributed by atoms with van der Waals surface area (Å²) in [5.74, 6) is 0.341. The number of pyridine rings is 1. The van der Waals surface area contributed by atoms with Gasteiger partial charge in [-0.2, -0.15) is 0 Å². The van der Waals surface area contributed by atoms with E-state index in [-0.39, 0.29) is 18.0 Å². The molecule has 8 heteroatoms. The van der Waals surface area contributed by atoms with Gasteiger partial charge in [0.25, 0.3) is 0 Å². The van der Waals surface area contributed by atoms with Crippen molar-refractivity contribution in [3.8, 4) is 11.1 Å². The van der Waals surface area contributed by atoms with Crippen molar-refractivity contribution in [1.29, 1.82) is 0 Å². The zero-order valence-electron chi connectivity index (χ0n) is 21.9. The molecule has 3 N–H and O–H groups in total. The van der Waals surface area contributed by atoms with Crippen molar-refractivity contribution in [3.63, 3.8) is 0 Å². The Morgan fingerprint density at radius 2 is 1.74 bits per heavy atom. The van der Waals surface area contributed by atoms with Gasteiger partial charge in [-0.25, -0.2) is 14.2 Å². The highest BCUT2D eigenvalue weighted by atomic mass is 19.1. The van der Waals surface area contributed by atoms with E-state index in [1.54, 1.807) is 12.1 Å². The van der Waals surface area contributed by atoms with Crippen molar-refractivity contribution in [2.24, 2.45) is 0 Å². The number of carbonyl (C=O) groups is 1. The SMILES string of the molecule is CCc1nc2c(C)cc(-c3ccc(CN4CCC(O)CC4)cc3)cn2c1NC(=O)NCc1ccc(F)cc1. The van der Waals surface area contributed by atoms with Crippen LogP contribution in [0, 0.1) is 12.7 Å². The minimum absolute atomic E-state index is 0.163. The summed E-state index contributed by atoms with van der Waals surface area (Å²) in [7, 11) is 0. The average molecular weight is 516 g/mol. The molecule has 2 aromatic carbocycles. The number of urea groups is 1. The lowest BCUT2D eigenvalue weighted by Gasteiger charge is -2.29. The van der Waals surface area contributed by atoms with E-state index in [2.05, 4.69) is 45.9 Å². The summed E-state index contributed by atoms with van der Waals surface area (Å²) < 4.78 is 15.1. The fraction of sp³-hybridized carbons (Fsp3) is 0.333. The smallest absolute Gasteiger partial charge is 0.320 e. The van der Waals surface area contributed by atoms with Gasteiger partial charge < -0.3 is 10.4 Å². The third-order valence-corrected chi connectivity index (χ3v) is 7.16. The number of imidazole rings is 1. The molecule has 2 amide bonds. The fourth-order valence-electron chi connectivity index (χ4n) is 4.97. The third-order valence-electron chi connectivity index (χ3n) is 7.16. The number of carbonyl (C=O) groups excluding carboxylic acids is 1. The fourth-order valence-corrected chi connectivity index (χ4v) is 4.97. The molecule has 1 saturated heterocycles. The maximum atomic E-state index is 13.2. The van der Waals surface area contributed by atoms with Crippen LogP contribution < -0.4 is 10.6 Å². The van der Waals surface area contributed by atoms with Gasteiger partial charge >= 0.3 is 6.03 Å². The molecule has 0 aliphatic carbocycles. The van der Waals surface area contributed by atoms with Crippen LogP contribution in [0.15, 0.2) is 60.8 Å². The Labute approximate surface area is 222 Å². The van der Waals surface area contributed by atoms with Gasteiger partial charge in [0, 0.05) is 32.4 Å². The summed E-state index contributed by atoms with van der Waals surface area (Å²) in [6.45, 7) is 7.07. The van der Waals surface area contributed by atoms with Crippen molar-refractivity contribution < 1.29 is 14.3 Å². The van der Waals surface area contributed by atoms with Crippen molar-refractivity contribution in [3.05, 3.63) is 89.0 Å². The van der Waals surface area contributed by atoms with E-state index in [4.69, 9.17) is 4.98 Å².